The van der Waals surface area contributed by atoms with Gasteiger partial charge in [0.05, 0.1) is 11.6 Å². The molecule has 0 spiro atoms. The highest BCUT2D eigenvalue weighted by molar-refractivity contribution is 5.94. The molecule has 2 aliphatic rings. The summed E-state index contributed by atoms with van der Waals surface area (Å²) >= 11 is 0. The number of carbonyl (C=O) groups excluding carboxylic acids is 1. The topological polar surface area (TPSA) is 91.6 Å². The Hall–Kier alpha value is -3.07. The van der Waals surface area contributed by atoms with Crippen molar-refractivity contribution in [3.63, 3.8) is 0 Å². The first-order valence-corrected chi connectivity index (χ1v) is 10.1. The number of hydrogen-bond donors (Lipinski definition) is 1. The minimum absolute atomic E-state index is 0.0208. The van der Waals surface area contributed by atoms with Gasteiger partial charge in [-0.25, -0.2) is 9.97 Å². The van der Waals surface area contributed by atoms with Crippen LogP contribution in [0.5, 0.6) is 0 Å². The SMILES string of the molecule is CN1CCN(c2ncccn2)C[C@H]1c1nnc2ccc(C(=O)NC3CCC3)cn12. The van der Waals surface area contributed by atoms with Gasteiger partial charge in [-0.15, -0.1) is 10.2 Å². The van der Waals surface area contributed by atoms with Gasteiger partial charge in [0.2, 0.25) is 5.95 Å². The molecule has 1 N–H and O–H groups in total. The lowest BCUT2D eigenvalue weighted by molar-refractivity contribution is 0.0916. The largest absolute Gasteiger partial charge is 0.349 e. The Morgan fingerprint density at radius 1 is 1.14 bits per heavy atom. The number of aromatic nitrogens is 5. The number of hydrogen-bond acceptors (Lipinski definition) is 7. The van der Waals surface area contributed by atoms with Crippen molar-refractivity contribution < 1.29 is 4.79 Å². The van der Waals surface area contributed by atoms with E-state index in [4.69, 9.17) is 0 Å². The third kappa shape index (κ3) is 3.42. The van der Waals surface area contributed by atoms with Gasteiger partial charge in [-0.1, -0.05) is 0 Å². The average molecular weight is 392 g/mol. The number of anilines is 1. The van der Waals surface area contributed by atoms with Crippen molar-refractivity contribution in [2.24, 2.45) is 0 Å². The van der Waals surface area contributed by atoms with Gasteiger partial charge in [0.1, 0.15) is 0 Å². The van der Waals surface area contributed by atoms with Crippen LogP contribution in [0, 0.1) is 0 Å². The second-order valence-electron chi connectivity index (χ2n) is 7.80. The normalized spacial score (nSPS) is 20.6. The molecule has 1 aliphatic carbocycles. The zero-order valence-electron chi connectivity index (χ0n) is 16.4. The molecule has 9 nitrogen and oxygen atoms in total. The van der Waals surface area contributed by atoms with Crippen LogP contribution in [0.15, 0.2) is 36.8 Å². The van der Waals surface area contributed by atoms with E-state index < -0.39 is 0 Å². The van der Waals surface area contributed by atoms with E-state index in [1.165, 1.54) is 6.42 Å². The van der Waals surface area contributed by atoms with Crippen LogP contribution in [0.3, 0.4) is 0 Å². The summed E-state index contributed by atoms with van der Waals surface area (Å²) in [6.07, 6.45) is 8.69. The molecule has 2 fully saturated rings. The summed E-state index contributed by atoms with van der Waals surface area (Å²) in [7, 11) is 2.09. The lowest BCUT2D eigenvalue weighted by Crippen LogP contribution is -2.48. The van der Waals surface area contributed by atoms with Gasteiger partial charge in [-0.2, -0.15) is 0 Å². The van der Waals surface area contributed by atoms with Crippen LogP contribution in [-0.2, 0) is 0 Å². The standard InChI is InChI=1S/C20H24N8O/c1-26-10-11-27(20-21-8-3-9-22-20)13-16(26)18-25-24-17-7-6-14(12-28(17)18)19(29)23-15-4-2-5-15/h3,6-9,12,15-16H,2,4-5,10-11,13H2,1H3,(H,23,29)/t16-/m0/s1. The maximum Gasteiger partial charge on any atom is 0.252 e. The summed E-state index contributed by atoms with van der Waals surface area (Å²) in [4.78, 5) is 25.8. The molecule has 3 aromatic heterocycles. The monoisotopic (exact) mass is 392 g/mol. The first-order chi connectivity index (χ1) is 14.2. The minimum Gasteiger partial charge on any atom is -0.349 e. The van der Waals surface area contributed by atoms with Gasteiger partial charge in [-0.3, -0.25) is 14.1 Å². The third-order valence-electron chi connectivity index (χ3n) is 5.91. The number of carbonyl (C=O) groups is 1. The van der Waals surface area contributed by atoms with Gasteiger partial charge < -0.3 is 10.2 Å². The summed E-state index contributed by atoms with van der Waals surface area (Å²) in [5.74, 6) is 1.51. The van der Waals surface area contributed by atoms with Crippen LogP contribution in [0.1, 0.15) is 41.5 Å². The maximum absolute atomic E-state index is 12.6. The highest BCUT2D eigenvalue weighted by Crippen LogP contribution is 2.25. The number of piperazine rings is 1. The predicted octanol–water partition coefficient (Wildman–Crippen LogP) is 1.29. The van der Waals surface area contributed by atoms with Crippen LogP contribution < -0.4 is 10.2 Å². The van der Waals surface area contributed by atoms with E-state index in [2.05, 4.69) is 42.3 Å². The van der Waals surface area contributed by atoms with E-state index in [1.54, 1.807) is 12.4 Å². The van der Waals surface area contributed by atoms with Crippen molar-refractivity contribution in [3.8, 4) is 0 Å². The van der Waals surface area contributed by atoms with Crippen LogP contribution in [-0.4, -0.2) is 68.1 Å². The highest BCUT2D eigenvalue weighted by atomic mass is 16.1. The summed E-state index contributed by atoms with van der Waals surface area (Å²) in [6.45, 7) is 2.42. The molecule has 4 heterocycles. The summed E-state index contributed by atoms with van der Waals surface area (Å²) in [5, 5.41) is 11.9. The first kappa shape index (κ1) is 18.0. The molecule has 1 saturated heterocycles. The Morgan fingerprint density at radius 3 is 2.72 bits per heavy atom. The van der Waals surface area contributed by atoms with Gasteiger partial charge in [0.15, 0.2) is 11.5 Å². The van der Waals surface area contributed by atoms with E-state index >= 15 is 0 Å². The second kappa shape index (κ2) is 7.40. The summed E-state index contributed by atoms with van der Waals surface area (Å²) in [6, 6.07) is 5.82. The fraction of sp³-hybridized carbons (Fsp3) is 0.450. The molecule has 5 rings (SSSR count). The number of rotatable bonds is 4. The third-order valence-corrected chi connectivity index (χ3v) is 5.91. The van der Waals surface area contributed by atoms with Crippen molar-refractivity contribution in [2.75, 3.05) is 31.6 Å². The van der Waals surface area contributed by atoms with Gasteiger partial charge in [0, 0.05) is 44.3 Å². The number of amides is 1. The van der Waals surface area contributed by atoms with Crippen molar-refractivity contribution in [1.29, 1.82) is 0 Å². The van der Waals surface area contributed by atoms with Crippen LogP contribution in [0.25, 0.3) is 5.65 Å². The van der Waals surface area contributed by atoms with Crippen molar-refractivity contribution in [2.45, 2.75) is 31.3 Å². The molecular formula is C20H24N8O. The zero-order chi connectivity index (χ0) is 19.8. The quantitative estimate of drug-likeness (QED) is 0.715. The molecule has 1 amide bonds. The average Bonchev–Trinajstić information content (AvgIpc) is 3.14. The number of fused-ring (bicyclic) bond motifs is 1. The molecule has 0 radical (unpaired) electrons. The Kier molecular flexibility index (Phi) is 4.59. The Bertz CT molecular complexity index is 1020. The van der Waals surface area contributed by atoms with Crippen LogP contribution in [0.4, 0.5) is 5.95 Å². The molecule has 1 aliphatic heterocycles. The summed E-state index contributed by atoms with van der Waals surface area (Å²) in [5.41, 5.74) is 1.37. The molecule has 3 aromatic rings. The van der Waals surface area contributed by atoms with E-state index in [-0.39, 0.29) is 11.9 Å². The van der Waals surface area contributed by atoms with Crippen molar-refractivity contribution >= 4 is 17.5 Å². The van der Waals surface area contributed by atoms with Gasteiger partial charge in [-0.05, 0) is 44.5 Å². The Labute approximate surface area is 168 Å². The van der Waals surface area contributed by atoms with Crippen molar-refractivity contribution in [3.05, 3.63) is 48.2 Å². The van der Waals surface area contributed by atoms with E-state index in [0.717, 1.165) is 43.4 Å². The second-order valence-corrected chi connectivity index (χ2v) is 7.80. The molecular weight excluding hydrogens is 368 g/mol. The van der Waals surface area contributed by atoms with Crippen molar-refractivity contribution in [1.82, 2.24) is 34.8 Å². The number of pyridine rings is 1. The molecule has 150 valence electrons. The van der Waals surface area contributed by atoms with E-state index in [9.17, 15) is 4.79 Å². The molecule has 9 heteroatoms. The molecule has 0 bridgehead atoms. The lowest BCUT2D eigenvalue weighted by atomic mass is 9.93. The van der Waals surface area contributed by atoms with Gasteiger partial charge >= 0.3 is 0 Å². The fourth-order valence-corrected chi connectivity index (χ4v) is 3.88. The molecule has 0 unspecified atom stereocenters. The van der Waals surface area contributed by atoms with Gasteiger partial charge in [0.25, 0.3) is 5.91 Å². The number of nitrogens with one attached hydrogen (secondary N) is 1. The summed E-state index contributed by atoms with van der Waals surface area (Å²) < 4.78 is 1.94. The minimum atomic E-state index is -0.0347. The molecule has 29 heavy (non-hydrogen) atoms. The smallest absolute Gasteiger partial charge is 0.252 e. The van der Waals surface area contributed by atoms with E-state index in [0.29, 0.717) is 18.2 Å². The number of nitrogens with zero attached hydrogens (tertiary/aromatic N) is 7. The van der Waals surface area contributed by atoms with E-state index in [1.807, 2.05) is 28.8 Å². The Morgan fingerprint density at radius 2 is 1.97 bits per heavy atom. The van der Waals surface area contributed by atoms with Crippen LogP contribution in [0.2, 0.25) is 0 Å². The maximum atomic E-state index is 12.6. The molecule has 0 aromatic carbocycles. The highest BCUT2D eigenvalue weighted by Gasteiger charge is 2.30. The lowest BCUT2D eigenvalue weighted by Gasteiger charge is -2.38. The Balaban J connectivity index is 1.43. The molecule has 1 saturated carbocycles. The number of likely N-dealkylation sites (N-methyl/N-ethyl adjacent to an activating group) is 1. The first-order valence-electron chi connectivity index (χ1n) is 10.1. The zero-order valence-corrected chi connectivity index (χ0v) is 16.4. The predicted molar refractivity (Wildman–Crippen MR) is 108 cm³/mol. The van der Waals surface area contributed by atoms with Crippen LogP contribution >= 0.6 is 0 Å². The fourth-order valence-electron chi connectivity index (χ4n) is 3.88. The molecule has 1 atom stereocenters.